The predicted octanol–water partition coefficient (Wildman–Crippen LogP) is 3.64. The molecule has 0 fully saturated rings. The van der Waals surface area contributed by atoms with E-state index in [4.69, 9.17) is 15.2 Å². The molecule has 0 radical (unpaired) electrons. The molecule has 0 saturated heterocycles. The van der Waals surface area contributed by atoms with Crippen molar-refractivity contribution in [1.29, 1.82) is 0 Å². The maximum absolute atomic E-state index is 12.0. The Morgan fingerprint density at radius 3 is 2.41 bits per heavy atom. The summed E-state index contributed by atoms with van der Waals surface area (Å²) in [5.74, 6) is 0.951. The molecule has 0 aliphatic rings. The SMILES string of the molecule is C=C\C(OC)=C(/C=C(C)/C=C/C(=O)c1cccc(N)c1)OC. The molecule has 0 amide bonds. The van der Waals surface area contributed by atoms with Crippen molar-refractivity contribution >= 4 is 11.5 Å². The van der Waals surface area contributed by atoms with Crippen molar-refractivity contribution in [1.82, 2.24) is 0 Å². The Balaban J connectivity index is 2.93. The second-order valence-electron chi connectivity index (χ2n) is 4.55. The Morgan fingerprint density at radius 1 is 1.18 bits per heavy atom. The van der Waals surface area contributed by atoms with E-state index in [0.717, 1.165) is 5.57 Å². The molecule has 116 valence electrons. The molecular weight excluding hydrogens is 278 g/mol. The number of allylic oxidation sites excluding steroid dienone is 5. The van der Waals surface area contributed by atoms with E-state index in [1.807, 2.05) is 6.92 Å². The van der Waals surface area contributed by atoms with Gasteiger partial charge in [0.25, 0.3) is 0 Å². The van der Waals surface area contributed by atoms with E-state index in [9.17, 15) is 4.79 Å². The van der Waals surface area contributed by atoms with E-state index in [-0.39, 0.29) is 5.78 Å². The molecule has 22 heavy (non-hydrogen) atoms. The minimum atomic E-state index is -0.112. The first-order valence-corrected chi connectivity index (χ1v) is 6.72. The molecule has 1 rings (SSSR count). The molecule has 2 N–H and O–H groups in total. The largest absolute Gasteiger partial charge is 0.493 e. The third kappa shape index (κ3) is 4.98. The Labute approximate surface area is 131 Å². The lowest BCUT2D eigenvalue weighted by Crippen LogP contribution is -1.96. The number of nitrogen functional groups attached to an aromatic ring is 1. The van der Waals surface area contributed by atoms with Gasteiger partial charge in [-0.1, -0.05) is 24.8 Å². The normalized spacial score (nSPS) is 12.8. The second-order valence-corrected chi connectivity index (χ2v) is 4.55. The summed E-state index contributed by atoms with van der Waals surface area (Å²) in [6.45, 7) is 5.51. The first-order valence-electron chi connectivity index (χ1n) is 6.72. The van der Waals surface area contributed by atoms with Crippen LogP contribution in [0.3, 0.4) is 0 Å². The quantitative estimate of drug-likeness (QED) is 0.274. The Bertz CT molecular complexity index is 639. The van der Waals surface area contributed by atoms with E-state index < -0.39 is 0 Å². The maximum Gasteiger partial charge on any atom is 0.185 e. The highest BCUT2D eigenvalue weighted by atomic mass is 16.5. The summed E-state index contributed by atoms with van der Waals surface area (Å²) in [7, 11) is 3.08. The van der Waals surface area contributed by atoms with Crippen molar-refractivity contribution in [3.05, 3.63) is 77.8 Å². The van der Waals surface area contributed by atoms with Crippen LogP contribution in [0.4, 0.5) is 5.69 Å². The van der Waals surface area contributed by atoms with Gasteiger partial charge in [-0.05, 0) is 42.9 Å². The zero-order valence-electron chi connectivity index (χ0n) is 13.1. The van der Waals surface area contributed by atoms with Gasteiger partial charge in [0, 0.05) is 11.3 Å². The van der Waals surface area contributed by atoms with Gasteiger partial charge >= 0.3 is 0 Å². The molecule has 0 unspecified atom stereocenters. The maximum atomic E-state index is 12.0. The number of anilines is 1. The fraction of sp³-hybridized carbons (Fsp3) is 0.167. The van der Waals surface area contributed by atoms with Crippen LogP contribution in [0.2, 0.25) is 0 Å². The monoisotopic (exact) mass is 299 g/mol. The number of hydrogen-bond donors (Lipinski definition) is 1. The van der Waals surface area contributed by atoms with Crippen LogP contribution in [0.5, 0.6) is 0 Å². The first kappa shape index (κ1) is 17.3. The van der Waals surface area contributed by atoms with Crippen LogP contribution in [0.25, 0.3) is 0 Å². The lowest BCUT2D eigenvalue weighted by Gasteiger charge is -2.07. The Hall–Kier alpha value is -2.75. The zero-order chi connectivity index (χ0) is 16.5. The number of ether oxygens (including phenoxy) is 2. The van der Waals surface area contributed by atoms with Gasteiger partial charge < -0.3 is 15.2 Å². The van der Waals surface area contributed by atoms with Gasteiger partial charge in [-0.25, -0.2) is 0 Å². The molecule has 0 atom stereocenters. The van der Waals surface area contributed by atoms with Crippen LogP contribution in [-0.2, 0) is 9.47 Å². The summed E-state index contributed by atoms with van der Waals surface area (Å²) in [6.07, 6.45) is 6.53. The molecule has 0 spiro atoms. The number of ketones is 1. The smallest absolute Gasteiger partial charge is 0.185 e. The predicted molar refractivity (Wildman–Crippen MR) is 89.3 cm³/mol. The Kier molecular flexibility index (Phi) is 6.70. The number of benzene rings is 1. The van der Waals surface area contributed by atoms with Crippen molar-refractivity contribution in [2.45, 2.75) is 6.92 Å². The van der Waals surface area contributed by atoms with Gasteiger partial charge in [0.1, 0.15) is 0 Å². The van der Waals surface area contributed by atoms with Gasteiger partial charge in [-0.15, -0.1) is 0 Å². The average Bonchev–Trinajstić information content (AvgIpc) is 2.52. The van der Waals surface area contributed by atoms with E-state index in [1.165, 1.54) is 6.08 Å². The van der Waals surface area contributed by atoms with E-state index in [2.05, 4.69) is 6.58 Å². The van der Waals surface area contributed by atoms with E-state index >= 15 is 0 Å². The third-order valence-electron chi connectivity index (χ3n) is 2.90. The molecule has 0 aromatic heterocycles. The highest BCUT2D eigenvalue weighted by Crippen LogP contribution is 2.13. The fourth-order valence-corrected chi connectivity index (χ4v) is 1.77. The lowest BCUT2D eigenvalue weighted by molar-refractivity contribution is 0.104. The average molecular weight is 299 g/mol. The minimum Gasteiger partial charge on any atom is -0.493 e. The van der Waals surface area contributed by atoms with Crippen LogP contribution >= 0.6 is 0 Å². The minimum absolute atomic E-state index is 0.112. The molecule has 0 heterocycles. The van der Waals surface area contributed by atoms with Crippen LogP contribution in [0.15, 0.2) is 72.2 Å². The number of rotatable bonds is 7. The fourth-order valence-electron chi connectivity index (χ4n) is 1.77. The molecule has 0 saturated carbocycles. The lowest BCUT2D eigenvalue weighted by atomic mass is 10.1. The topological polar surface area (TPSA) is 61.5 Å². The van der Waals surface area contributed by atoms with Crippen LogP contribution in [0, 0.1) is 0 Å². The molecule has 1 aromatic rings. The van der Waals surface area contributed by atoms with E-state index in [1.54, 1.807) is 56.7 Å². The number of nitrogens with two attached hydrogens (primary N) is 1. The summed E-state index contributed by atoms with van der Waals surface area (Å²) in [5, 5.41) is 0. The van der Waals surface area contributed by atoms with Gasteiger partial charge in [0.15, 0.2) is 17.3 Å². The van der Waals surface area contributed by atoms with Crippen molar-refractivity contribution < 1.29 is 14.3 Å². The molecule has 0 aliphatic heterocycles. The number of carbonyl (C=O) groups excluding carboxylic acids is 1. The Morgan fingerprint density at radius 2 is 1.86 bits per heavy atom. The third-order valence-corrected chi connectivity index (χ3v) is 2.90. The van der Waals surface area contributed by atoms with E-state index in [0.29, 0.717) is 22.8 Å². The highest BCUT2D eigenvalue weighted by Gasteiger charge is 2.03. The molecule has 0 aliphatic carbocycles. The van der Waals surface area contributed by atoms with Crippen LogP contribution < -0.4 is 5.73 Å². The molecule has 0 bridgehead atoms. The molecule has 4 nitrogen and oxygen atoms in total. The summed E-state index contributed by atoms with van der Waals surface area (Å²) in [6, 6.07) is 6.86. The van der Waals surface area contributed by atoms with Crippen LogP contribution in [0.1, 0.15) is 17.3 Å². The number of hydrogen-bond acceptors (Lipinski definition) is 4. The molecule has 4 heteroatoms. The first-order chi connectivity index (χ1) is 10.5. The summed E-state index contributed by atoms with van der Waals surface area (Å²) < 4.78 is 10.4. The number of methoxy groups -OCH3 is 2. The van der Waals surface area contributed by atoms with Crippen molar-refractivity contribution in [3.63, 3.8) is 0 Å². The second kappa shape index (κ2) is 8.52. The van der Waals surface area contributed by atoms with Gasteiger partial charge in [-0.3, -0.25) is 4.79 Å². The van der Waals surface area contributed by atoms with Crippen molar-refractivity contribution in [3.8, 4) is 0 Å². The summed E-state index contributed by atoms with van der Waals surface area (Å²) >= 11 is 0. The summed E-state index contributed by atoms with van der Waals surface area (Å²) in [4.78, 5) is 12.0. The van der Waals surface area contributed by atoms with Gasteiger partial charge in [-0.2, -0.15) is 0 Å². The molecular formula is C18H21NO3. The summed E-state index contributed by atoms with van der Waals surface area (Å²) in [5.41, 5.74) is 7.62. The highest BCUT2D eigenvalue weighted by molar-refractivity contribution is 6.05. The van der Waals surface area contributed by atoms with Crippen molar-refractivity contribution in [2.75, 3.05) is 20.0 Å². The number of carbonyl (C=O) groups is 1. The zero-order valence-corrected chi connectivity index (χ0v) is 13.1. The standard InChI is InChI=1S/C18H21NO3/c1-5-17(21-3)18(22-4)11-13(2)9-10-16(20)14-7-6-8-15(19)12-14/h5-12H,1,19H2,2-4H3/b10-9+,13-11+,18-17-. The van der Waals surface area contributed by atoms with Gasteiger partial charge in [0.2, 0.25) is 0 Å². The van der Waals surface area contributed by atoms with Crippen LogP contribution in [-0.4, -0.2) is 20.0 Å². The van der Waals surface area contributed by atoms with Crippen molar-refractivity contribution in [2.24, 2.45) is 0 Å². The van der Waals surface area contributed by atoms with Gasteiger partial charge in [0.05, 0.1) is 14.2 Å². The molecule has 1 aromatic carbocycles.